The van der Waals surface area contributed by atoms with Crippen LogP contribution in [0.5, 0.6) is 0 Å². The van der Waals surface area contributed by atoms with Crippen LogP contribution in [0.1, 0.15) is 29.1 Å². The van der Waals surface area contributed by atoms with Crippen molar-refractivity contribution in [2.75, 3.05) is 13.2 Å². The second kappa shape index (κ2) is 5.88. The standard InChI is InChI=1S/C11H16O3S/c1-8(2)13-5-6-14-11(12)10-9(3)4-7-15-10/h4,7-8H,5-6H2,1-3H3. The molecule has 15 heavy (non-hydrogen) atoms. The molecule has 84 valence electrons. The van der Waals surface area contributed by atoms with Gasteiger partial charge in [0.2, 0.25) is 0 Å². The predicted octanol–water partition coefficient (Wildman–Crippen LogP) is 2.64. The summed E-state index contributed by atoms with van der Waals surface area (Å²) in [5.41, 5.74) is 0.967. The Bertz CT molecular complexity index is 317. The van der Waals surface area contributed by atoms with E-state index in [0.29, 0.717) is 18.1 Å². The Morgan fingerprint density at radius 2 is 2.20 bits per heavy atom. The third-order valence-electron chi connectivity index (χ3n) is 1.82. The average Bonchev–Trinajstić information content (AvgIpc) is 2.58. The van der Waals surface area contributed by atoms with Crippen molar-refractivity contribution in [3.8, 4) is 0 Å². The van der Waals surface area contributed by atoms with Crippen LogP contribution in [0.3, 0.4) is 0 Å². The zero-order valence-corrected chi connectivity index (χ0v) is 10.1. The van der Waals surface area contributed by atoms with Gasteiger partial charge >= 0.3 is 5.97 Å². The highest BCUT2D eigenvalue weighted by atomic mass is 32.1. The predicted molar refractivity (Wildman–Crippen MR) is 60.4 cm³/mol. The summed E-state index contributed by atoms with van der Waals surface area (Å²) >= 11 is 1.41. The molecule has 0 spiro atoms. The summed E-state index contributed by atoms with van der Waals surface area (Å²) in [4.78, 5) is 12.2. The Balaban J connectivity index is 2.28. The van der Waals surface area contributed by atoms with Crippen LogP contribution >= 0.6 is 11.3 Å². The molecule has 4 heteroatoms. The first kappa shape index (κ1) is 12.2. The number of rotatable bonds is 5. The van der Waals surface area contributed by atoms with Gasteiger partial charge in [-0.25, -0.2) is 4.79 Å². The lowest BCUT2D eigenvalue weighted by molar-refractivity contribution is 0.0180. The third-order valence-corrected chi connectivity index (χ3v) is 2.81. The number of carbonyl (C=O) groups excluding carboxylic acids is 1. The molecule has 0 saturated heterocycles. The molecule has 3 nitrogen and oxygen atoms in total. The number of esters is 1. The van der Waals surface area contributed by atoms with Gasteiger partial charge in [-0.15, -0.1) is 11.3 Å². The fourth-order valence-corrected chi connectivity index (χ4v) is 1.88. The van der Waals surface area contributed by atoms with E-state index in [1.165, 1.54) is 11.3 Å². The number of aryl methyl sites for hydroxylation is 1. The number of thiophene rings is 1. The molecule has 0 amide bonds. The van der Waals surface area contributed by atoms with Crippen molar-refractivity contribution in [2.24, 2.45) is 0 Å². The van der Waals surface area contributed by atoms with Gasteiger partial charge in [-0.05, 0) is 37.8 Å². The van der Waals surface area contributed by atoms with Crippen molar-refractivity contribution >= 4 is 17.3 Å². The monoisotopic (exact) mass is 228 g/mol. The second-order valence-corrected chi connectivity index (χ2v) is 4.40. The fourth-order valence-electron chi connectivity index (χ4n) is 1.07. The van der Waals surface area contributed by atoms with Crippen LogP contribution in [0.25, 0.3) is 0 Å². The van der Waals surface area contributed by atoms with Gasteiger partial charge in [0, 0.05) is 0 Å². The highest BCUT2D eigenvalue weighted by molar-refractivity contribution is 7.12. The SMILES string of the molecule is Cc1ccsc1C(=O)OCCOC(C)C. The van der Waals surface area contributed by atoms with E-state index in [1.54, 1.807) is 0 Å². The van der Waals surface area contributed by atoms with Crippen LogP contribution in [-0.2, 0) is 9.47 Å². The Morgan fingerprint density at radius 3 is 2.73 bits per heavy atom. The maximum atomic E-state index is 11.5. The van der Waals surface area contributed by atoms with Gasteiger partial charge in [0.1, 0.15) is 11.5 Å². The van der Waals surface area contributed by atoms with Crippen LogP contribution in [0.15, 0.2) is 11.4 Å². The number of hydrogen-bond donors (Lipinski definition) is 0. The minimum Gasteiger partial charge on any atom is -0.459 e. The van der Waals surface area contributed by atoms with E-state index in [9.17, 15) is 4.79 Å². The molecule has 1 aromatic rings. The maximum Gasteiger partial charge on any atom is 0.348 e. The lowest BCUT2D eigenvalue weighted by atomic mass is 10.3. The van der Waals surface area contributed by atoms with Gasteiger partial charge in [-0.1, -0.05) is 0 Å². The zero-order valence-electron chi connectivity index (χ0n) is 9.28. The van der Waals surface area contributed by atoms with Crippen molar-refractivity contribution in [3.63, 3.8) is 0 Å². The van der Waals surface area contributed by atoms with Gasteiger partial charge in [-0.3, -0.25) is 0 Å². The minimum atomic E-state index is -0.255. The molecule has 1 aromatic heterocycles. The van der Waals surface area contributed by atoms with E-state index >= 15 is 0 Å². The highest BCUT2D eigenvalue weighted by Gasteiger charge is 2.11. The lowest BCUT2D eigenvalue weighted by Gasteiger charge is -2.07. The van der Waals surface area contributed by atoms with E-state index in [-0.39, 0.29) is 12.1 Å². The summed E-state index contributed by atoms with van der Waals surface area (Å²) in [5.74, 6) is -0.255. The normalized spacial score (nSPS) is 10.7. The summed E-state index contributed by atoms with van der Waals surface area (Å²) in [7, 11) is 0. The largest absolute Gasteiger partial charge is 0.459 e. The molecular weight excluding hydrogens is 212 g/mol. The summed E-state index contributed by atoms with van der Waals surface area (Å²) in [6.07, 6.45) is 0.173. The zero-order chi connectivity index (χ0) is 11.3. The summed E-state index contributed by atoms with van der Waals surface area (Å²) < 4.78 is 10.3. The van der Waals surface area contributed by atoms with Gasteiger partial charge < -0.3 is 9.47 Å². The first-order chi connectivity index (χ1) is 7.11. The van der Waals surface area contributed by atoms with Gasteiger partial charge in [0.05, 0.1) is 12.7 Å². The molecule has 0 aliphatic rings. The first-order valence-electron chi connectivity index (χ1n) is 4.94. The third kappa shape index (κ3) is 4.01. The van der Waals surface area contributed by atoms with E-state index < -0.39 is 0 Å². The molecule has 1 rings (SSSR count). The molecule has 0 unspecified atom stereocenters. The first-order valence-corrected chi connectivity index (χ1v) is 5.82. The van der Waals surface area contributed by atoms with Crippen LogP contribution in [0.4, 0.5) is 0 Å². The molecular formula is C11H16O3S. The fraction of sp³-hybridized carbons (Fsp3) is 0.545. The molecule has 0 aromatic carbocycles. The molecule has 0 radical (unpaired) electrons. The highest BCUT2D eigenvalue weighted by Crippen LogP contribution is 2.16. The molecule has 0 saturated carbocycles. The van der Waals surface area contributed by atoms with Gasteiger partial charge in [-0.2, -0.15) is 0 Å². The molecule has 0 fully saturated rings. The molecule has 0 bridgehead atoms. The van der Waals surface area contributed by atoms with Crippen molar-refractivity contribution in [3.05, 3.63) is 21.9 Å². The summed E-state index contributed by atoms with van der Waals surface area (Å²) in [6, 6.07) is 1.91. The minimum absolute atomic E-state index is 0.173. The number of ether oxygens (including phenoxy) is 2. The average molecular weight is 228 g/mol. The van der Waals surface area contributed by atoms with Crippen LogP contribution in [-0.4, -0.2) is 25.3 Å². The Hall–Kier alpha value is -0.870. The Morgan fingerprint density at radius 1 is 1.47 bits per heavy atom. The Labute approximate surface area is 94.0 Å². The Kier molecular flexibility index (Phi) is 4.78. The molecule has 1 heterocycles. The van der Waals surface area contributed by atoms with E-state index in [0.717, 1.165) is 5.56 Å². The summed E-state index contributed by atoms with van der Waals surface area (Å²) in [5, 5.41) is 1.89. The van der Waals surface area contributed by atoms with E-state index in [2.05, 4.69) is 0 Å². The van der Waals surface area contributed by atoms with E-state index in [1.807, 2.05) is 32.2 Å². The molecule has 0 atom stereocenters. The van der Waals surface area contributed by atoms with Crippen LogP contribution in [0.2, 0.25) is 0 Å². The topological polar surface area (TPSA) is 35.5 Å². The number of hydrogen-bond acceptors (Lipinski definition) is 4. The second-order valence-electron chi connectivity index (χ2n) is 3.49. The smallest absolute Gasteiger partial charge is 0.348 e. The lowest BCUT2D eigenvalue weighted by Crippen LogP contribution is -2.13. The molecule has 0 aliphatic heterocycles. The van der Waals surface area contributed by atoms with Crippen molar-refractivity contribution in [1.82, 2.24) is 0 Å². The van der Waals surface area contributed by atoms with Crippen molar-refractivity contribution in [2.45, 2.75) is 26.9 Å². The molecule has 0 aliphatic carbocycles. The van der Waals surface area contributed by atoms with Gasteiger partial charge in [0.15, 0.2) is 0 Å². The van der Waals surface area contributed by atoms with E-state index in [4.69, 9.17) is 9.47 Å². The van der Waals surface area contributed by atoms with Crippen molar-refractivity contribution < 1.29 is 14.3 Å². The van der Waals surface area contributed by atoms with Gasteiger partial charge in [0.25, 0.3) is 0 Å². The molecule has 0 N–H and O–H groups in total. The van der Waals surface area contributed by atoms with Crippen LogP contribution < -0.4 is 0 Å². The van der Waals surface area contributed by atoms with Crippen molar-refractivity contribution in [1.29, 1.82) is 0 Å². The number of carbonyl (C=O) groups is 1. The maximum absolute atomic E-state index is 11.5. The summed E-state index contributed by atoms with van der Waals surface area (Å²) in [6.45, 7) is 6.57. The van der Waals surface area contributed by atoms with Crippen LogP contribution in [0, 0.1) is 6.92 Å². The quantitative estimate of drug-likeness (QED) is 0.574.